The molecule has 0 aromatic carbocycles. The molecule has 3 nitrogen and oxygen atoms in total. The van der Waals surface area contributed by atoms with Crippen LogP contribution in [0.15, 0.2) is 12.1 Å². The topological polar surface area (TPSA) is 46.2 Å². The number of amides is 1. The lowest BCUT2D eigenvalue weighted by atomic mass is 10.2. The van der Waals surface area contributed by atoms with Gasteiger partial charge >= 0.3 is 0 Å². The van der Waals surface area contributed by atoms with E-state index in [1.54, 1.807) is 7.05 Å². The van der Waals surface area contributed by atoms with Gasteiger partial charge in [0.05, 0.1) is 4.88 Å². The highest BCUT2D eigenvalue weighted by Gasteiger charge is 2.09. The SMILES string of the molecule is CNC(=O)CCC(=O)c1ccc(C)s1. The van der Waals surface area contributed by atoms with Crippen LogP contribution in [0.1, 0.15) is 27.4 Å². The lowest BCUT2D eigenvalue weighted by Gasteiger charge is -1.97. The van der Waals surface area contributed by atoms with Crippen LogP contribution in [0.2, 0.25) is 0 Å². The highest BCUT2D eigenvalue weighted by atomic mass is 32.1. The van der Waals surface area contributed by atoms with Gasteiger partial charge in [-0.3, -0.25) is 9.59 Å². The van der Waals surface area contributed by atoms with Crippen LogP contribution in [0.3, 0.4) is 0 Å². The number of carbonyl (C=O) groups excluding carboxylic acids is 2. The summed E-state index contributed by atoms with van der Waals surface area (Å²) in [6, 6.07) is 3.73. The van der Waals surface area contributed by atoms with E-state index in [0.29, 0.717) is 6.42 Å². The first-order valence-electron chi connectivity index (χ1n) is 4.43. The molecule has 1 aromatic heterocycles. The van der Waals surface area contributed by atoms with E-state index >= 15 is 0 Å². The molecule has 0 atom stereocenters. The Kier molecular flexibility index (Phi) is 3.83. The summed E-state index contributed by atoms with van der Waals surface area (Å²) in [5.74, 6) is -0.0432. The number of thiophene rings is 1. The fourth-order valence-electron chi connectivity index (χ4n) is 1.06. The molecule has 14 heavy (non-hydrogen) atoms. The molecule has 0 aliphatic heterocycles. The van der Waals surface area contributed by atoms with Gasteiger partial charge in [-0.2, -0.15) is 0 Å². The number of hydrogen-bond acceptors (Lipinski definition) is 3. The van der Waals surface area contributed by atoms with Gasteiger partial charge in [0.15, 0.2) is 5.78 Å². The summed E-state index contributed by atoms with van der Waals surface area (Å²) in [6.07, 6.45) is 0.561. The molecule has 0 aliphatic carbocycles. The summed E-state index contributed by atoms with van der Waals surface area (Å²) in [5, 5.41) is 2.49. The van der Waals surface area contributed by atoms with Crippen LogP contribution in [0.25, 0.3) is 0 Å². The van der Waals surface area contributed by atoms with Crippen molar-refractivity contribution in [2.45, 2.75) is 19.8 Å². The van der Waals surface area contributed by atoms with E-state index in [9.17, 15) is 9.59 Å². The number of carbonyl (C=O) groups is 2. The Bertz CT molecular complexity index is 344. The van der Waals surface area contributed by atoms with Crippen molar-refractivity contribution >= 4 is 23.0 Å². The molecule has 0 saturated heterocycles. The van der Waals surface area contributed by atoms with Crippen LogP contribution < -0.4 is 5.32 Å². The Morgan fingerprint density at radius 1 is 1.36 bits per heavy atom. The van der Waals surface area contributed by atoms with Gasteiger partial charge in [-0.15, -0.1) is 11.3 Å². The Morgan fingerprint density at radius 2 is 2.07 bits per heavy atom. The van der Waals surface area contributed by atoms with Gasteiger partial charge in [-0.25, -0.2) is 0 Å². The monoisotopic (exact) mass is 211 g/mol. The van der Waals surface area contributed by atoms with E-state index in [2.05, 4.69) is 5.32 Å². The zero-order chi connectivity index (χ0) is 10.6. The molecule has 0 bridgehead atoms. The minimum atomic E-state index is -0.0911. The van der Waals surface area contributed by atoms with Crippen molar-refractivity contribution in [1.82, 2.24) is 5.32 Å². The first kappa shape index (κ1) is 10.9. The fourth-order valence-corrected chi connectivity index (χ4v) is 1.89. The number of aryl methyl sites for hydroxylation is 1. The molecule has 1 amide bonds. The van der Waals surface area contributed by atoms with Crippen molar-refractivity contribution in [3.63, 3.8) is 0 Å². The third-order valence-electron chi connectivity index (χ3n) is 1.87. The molecule has 1 rings (SSSR count). The van der Waals surface area contributed by atoms with Gasteiger partial charge in [-0.1, -0.05) is 0 Å². The maximum Gasteiger partial charge on any atom is 0.220 e. The van der Waals surface area contributed by atoms with Gasteiger partial charge < -0.3 is 5.32 Å². The van der Waals surface area contributed by atoms with Crippen molar-refractivity contribution in [2.75, 3.05) is 7.05 Å². The van der Waals surface area contributed by atoms with Crippen molar-refractivity contribution < 1.29 is 9.59 Å². The smallest absolute Gasteiger partial charge is 0.220 e. The highest BCUT2D eigenvalue weighted by molar-refractivity contribution is 7.14. The normalized spacial score (nSPS) is 9.86. The third kappa shape index (κ3) is 2.96. The van der Waals surface area contributed by atoms with Crippen LogP contribution in [0.5, 0.6) is 0 Å². The molecule has 1 heterocycles. The van der Waals surface area contributed by atoms with Gasteiger partial charge in [0.2, 0.25) is 5.91 Å². The van der Waals surface area contributed by atoms with Gasteiger partial charge in [0.1, 0.15) is 0 Å². The van der Waals surface area contributed by atoms with Gasteiger partial charge in [-0.05, 0) is 19.1 Å². The van der Waals surface area contributed by atoms with Crippen molar-refractivity contribution in [3.8, 4) is 0 Å². The van der Waals surface area contributed by atoms with Crippen LogP contribution in [0.4, 0.5) is 0 Å². The standard InChI is InChI=1S/C10H13NO2S/c1-7-3-5-9(14-7)8(12)4-6-10(13)11-2/h3,5H,4,6H2,1-2H3,(H,11,13). The number of ketones is 1. The second-order valence-electron chi connectivity index (χ2n) is 3.01. The maximum absolute atomic E-state index is 11.5. The van der Waals surface area contributed by atoms with Crippen molar-refractivity contribution in [1.29, 1.82) is 0 Å². The first-order valence-corrected chi connectivity index (χ1v) is 5.25. The Hall–Kier alpha value is -1.16. The van der Waals surface area contributed by atoms with Crippen LogP contribution in [0, 0.1) is 6.92 Å². The Labute approximate surface area is 87.1 Å². The summed E-state index contributed by atoms with van der Waals surface area (Å²) in [4.78, 5) is 24.3. The summed E-state index contributed by atoms with van der Waals surface area (Å²) in [5.41, 5.74) is 0. The second-order valence-corrected chi connectivity index (χ2v) is 4.29. The summed E-state index contributed by atoms with van der Waals surface area (Å²) in [7, 11) is 1.57. The third-order valence-corrected chi connectivity index (χ3v) is 2.91. The van der Waals surface area contributed by atoms with Crippen LogP contribution in [-0.4, -0.2) is 18.7 Å². The van der Waals surface area contributed by atoms with Crippen molar-refractivity contribution in [2.24, 2.45) is 0 Å². The molecular formula is C10H13NO2S. The summed E-state index contributed by atoms with van der Waals surface area (Å²) >= 11 is 1.47. The summed E-state index contributed by atoms with van der Waals surface area (Å²) in [6.45, 7) is 1.96. The zero-order valence-corrected chi connectivity index (χ0v) is 9.11. The molecule has 4 heteroatoms. The average Bonchev–Trinajstić information content (AvgIpc) is 2.60. The first-order chi connectivity index (χ1) is 6.63. The van der Waals surface area contributed by atoms with Gasteiger partial charge in [0, 0.05) is 24.8 Å². The lowest BCUT2D eigenvalue weighted by Crippen LogP contribution is -2.18. The lowest BCUT2D eigenvalue weighted by molar-refractivity contribution is -0.120. The molecule has 0 fully saturated rings. The molecule has 0 saturated carbocycles. The average molecular weight is 211 g/mol. The van der Waals surface area contributed by atoms with Crippen molar-refractivity contribution in [3.05, 3.63) is 21.9 Å². The van der Waals surface area contributed by atoms with E-state index in [1.807, 2.05) is 19.1 Å². The number of nitrogens with one attached hydrogen (secondary N) is 1. The predicted molar refractivity (Wildman–Crippen MR) is 56.7 cm³/mol. The molecule has 76 valence electrons. The van der Waals surface area contributed by atoms with E-state index < -0.39 is 0 Å². The van der Waals surface area contributed by atoms with E-state index in [1.165, 1.54) is 11.3 Å². The molecule has 0 unspecified atom stereocenters. The highest BCUT2D eigenvalue weighted by Crippen LogP contribution is 2.17. The Balaban J connectivity index is 2.47. The molecule has 1 N–H and O–H groups in total. The fraction of sp³-hybridized carbons (Fsp3) is 0.400. The molecule has 0 radical (unpaired) electrons. The van der Waals surface area contributed by atoms with E-state index in [0.717, 1.165) is 9.75 Å². The minimum absolute atomic E-state index is 0.0479. The number of Topliss-reactive ketones (excluding diaryl/α,β-unsaturated/α-hetero) is 1. The number of rotatable bonds is 4. The predicted octanol–water partition coefficient (Wildman–Crippen LogP) is 1.77. The largest absolute Gasteiger partial charge is 0.359 e. The quantitative estimate of drug-likeness (QED) is 0.771. The van der Waals surface area contributed by atoms with E-state index in [4.69, 9.17) is 0 Å². The van der Waals surface area contributed by atoms with E-state index in [-0.39, 0.29) is 18.1 Å². The van der Waals surface area contributed by atoms with Gasteiger partial charge in [0.25, 0.3) is 0 Å². The zero-order valence-electron chi connectivity index (χ0n) is 8.29. The number of hydrogen-bond donors (Lipinski definition) is 1. The van der Waals surface area contributed by atoms with Crippen LogP contribution >= 0.6 is 11.3 Å². The second kappa shape index (κ2) is 4.91. The molecule has 0 aliphatic rings. The molecule has 1 aromatic rings. The molecule has 0 spiro atoms. The molecular weight excluding hydrogens is 198 g/mol. The minimum Gasteiger partial charge on any atom is -0.359 e. The summed E-state index contributed by atoms with van der Waals surface area (Å²) < 4.78 is 0. The Morgan fingerprint density at radius 3 is 2.57 bits per heavy atom. The maximum atomic E-state index is 11.5. The van der Waals surface area contributed by atoms with Crippen LogP contribution in [-0.2, 0) is 4.79 Å².